The number of rotatable bonds is 6. The van der Waals surface area contributed by atoms with Crippen LogP contribution in [0.5, 0.6) is 0 Å². The van der Waals surface area contributed by atoms with Gasteiger partial charge in [0.2, 0.25) is 11.8 Å². The first-order valence-corrected chi connectivity index (χ1v) is 13.7. The third kappa shape index (κ3) is 7.17. The Morgan fingerprint density at radius 3 is 2.41 bits per heavy atom. The molecule has 1 saturated heterocycles. The number of piperazine rings is 1. The van der Waals surface area contributed by atoms with Crippen LogP contribution in [-0.4, -0.2) is 59.4 Å². The lowest BCUT2D eigenvalue weighted by Crippen LogP contribution is -2.60. The highest BCUT2D eigenvalue weighted by Crippen LogP contribution is 2.27. The second kappa shape index (κ2) is 12.7. The van der Waals surface area contributed by atoms with E-state index in [1.54, 1.807) is 23.1 Å². The van der Waals surface area contributed by atoms with Gasteiger partial charge in [0.15, 0.2) is 0 Å². The number of halogens is 2. The SMILES string of the molecule is CC1CN(C(=O)C(Cc2ccccc2)NC(=O)Nc2ccc(Cl)cc2Cl)CCN1C(=O)C1CCCCC1. The molecule has 4 amide bonds. The molecule has 7 nitrogen and oxygen atoms in total. The first-order valence-electron chi connectivity index (χ1n) is 13.0. The summed E-state index contributed by atoms with van der Waals surface area (Å²) in [5, 5.41) is 6.32. The fourth-order valence-corrected chi connectivity index (χ4v) is 5.70. The van der Waals surface area contributed by atoms with Crippen molar-refractivity contribution in [1.29, 1.82) is 0 Å². The van der Waals surface area contributed by atoms with Crippen molar-refractivity contribution < 1.29 is 14.4 Å². The highest BCUT2D eigenvalue weighted by molar-refractivity contribution is 6.36. The Kier molecular flexibility index (Phi) is 9.33. The molecule has 1 aliphatic carbocycles. The van der Waals surface area contributed by atoms with E-state index in [0.717, 1.165) is 31.2 Å². The van der Waals surface area contributed by atoms with Gasteiger partial charge in [-0.15, -0.1) is 0 Å². The minimum absolute atomic E-state index is 0.0776. The number of urea groups is 1. The van der Waals surface area contributed by atoms with Crippen molar-refractivity contribution in [3.63, 3.8) is 0 Å². The molecular formula is C28H34Cl2N4O3. The van der Waals surface area contributed by atoms with Crippen molar-refractivity contribution in [3.8, 4) is 0 Å². The summed E-state index contributed by atoms with van der Waals surface area (Å²) < 4.78 is 0. The van der Waals surface area contributed by atoms with Crippen LogP contribution in [0.3, 0.4) is 0 Å². The minimum Gasteiger partial charge on any atom is -0.337 e. The Morgan fingerprint density at radius 1 is 1.00 bits per heavy atom. The molecule has 2 aromatic carbocycles. The number of carbonyl (C=O) groups excluding carboxylic acids is 3. The van der Waals surface area contributed by atoms with Crippen LogP contribution in [0.25, 0.3) is 0 Å². The molecule has 0 aromatic heterocycles. The van der Waals surface area contributed by atoms with Crippen LogP contribution in [-0.2, 0) is 16.0 Å². The van der Waals surface area contributed by atoms with Gasteiger partial charge in [-0.1, -0.05) is 72.8 Å². The van der Waals surface area contributed by atoms with Crippen molar-refractivity contribution in [1.82, 2.24) is 15.1 Å². The van der Waals surface area contributed by atoms with Crippen LogP contribution in [0, 0.1) is 5.92 Å². The molecule has 0 radical (unpaired) electrons. The van der Waals surface area contributed by atoms with Crippen LogP contribution in [0.2, 0.25) is 10.0 Å². The summed E-state index contributed by atoms with van der Waals surface area (Å²) in [4.78, 5) is 43.4. The predicted octanol–water partition coefficient (Wildman–Crippen LogP) is 5.37. The quantitative estimate of drug-likeness (QED) is 0.513. The third-order valence-corrected chi connectivity index (χ3v) is 7.79. The number of benzene rings is 2. The van der Waals surface area contributed by atoms with Gasteiger partial charge in [-0.05, 0) is 43.5 Å². The van der Waals surface area contributed by atoms with E-state index in [9.17, 15) is 14.4 Å². The Labute approximate surface area is 228 Å². The molecule has 1 saturated carbocycles. The lowest BCUT2D eigenvalue weighted by Gasteiger charge is -2.42. The minimum atomic E-state index is -0.777. The zero-order valence-electron chi connectivity index (χ0n) is 21.1. The zero-order valence-corrected chi connectivity index (χ0v) is 22.6. The van der Waals surface area contributed by atoms with Crippen LogP contribution in [0.1, 0.15) is 44.6 Å². The summed E-state index contributed by atoms with van der Waals surface area (Å²) in [7, 11) is 0. The number of nitrogens with zero attached hydrogens (tertiary/aromatic N) is 2. The standard InChI is InChI=1S/C28H34Cl2N4O3/c1-19-18-33(14-15-34(19)26(35)21-10-6-3-7-11-21)27(36)25(16-20-8-4-2-5-9-20)32-28(37)31-24-13-12-22(29)17-23(24)30/h2,4-5,8-9,12-13,17,19,21,25H,3,6-7,10-11,14-16,18H2,1H3,(H2,31,32,37). The second-order valence-electron chi connectivity index (χ2n) is 9.96. The van der Waals surface area contributed by atoms with Gasteiger partial charge in [0.25, 0.3) is 0 Å². The summed E-state index contributed by atoms with van der Waals surface area (Å²) in [5.74, 6) is 0.157. The largest absolute Gasteiger partial charge is 0.337 e. The van der Waals surface area contributed by atoms with E-state index < -0.39 is 12.1 Å². The van der Waals surface area contributed by atoms with Gasteiger partial charge in [0.1, 0.15) is 6.04 Å². The van der Waals surface area contributed by atoms with Crippen LogP contribution in [0.15, 0.2) is 48.5 Å². The molecule has 37 heavy (non-hydrogen) atoms. The van der Waals surface area contributed by atoms with E-state index in [-0.39, 0.29) is 23.8 Å². The van der Waals surface area contributed by atoms with Gasteiger partial charge in [-0.3, -0.25) is 9.59 Å². The molecule has 0 bridgehead atoms. The first kappa shape index (κ1) is 27.3. The monoisotopic (exact) mass is 544 g/mol. The normalized spacial score (nSPS) is 19.3. The smallest absolute Gasteiger partial charge is 0.319 e. The number of hydrogen-bond donors (Lipinski definition) is 2. The zero-order chi connectivity index (χ0) is 26.4. The van der Waals surface area contributed by atoms with Crippen LogP contribution >= 0.6 is 23.2 Å². The Bertz CT molecular complexity index is 1110. The topological polar surface area (TPSA) is 81.8 Å². The van der Waals surface area contributed by atoms with Gasteiger partial charge in [-0.25, -0.2) is 4.79 Å². The number of nitrogens with one attached hydrogen (secondary N) is 2. The van der Waals surface area contributed by atoms with Crippen LogP contribution < -0.4 is 10.6 Å². The van der Waals surface area contributed by atoms with Crippen LogP contribution in [0.4, 0.5) is 10.5 Å². The summed E-state index contributed by atoms with van der Waals surface area (Å²) in [5.41, 5.74) is 1.34. The summed E-state index contributed by atoms with van der Waals surface area (Å²) in [6.07, 6.45) is 5.69. The Hall–Kier alpha value is -2.77. The average molecular weight is 546 g/mol. The van der Waals surface area contributed by atoms with Gasteiger partial charge in [0.05, 0.1) is 10.7 Å². The van der Waals surface area contributed by atoms with Gasteiger partial charge in [0, 0.05) is 43.0 Å². The van der Waals surface area contributed by atoms with E-state index in [1.165, 1.54) is 6.42 Å². The lowest BCUT2D eigenvalue weighted by molar-refractivity contribution is -0.146. The van der Waals surface area contributed by atoms with E-state index in [0.29, 0.717) is 41.8 Å². The maximum absolute atomic E-state index is 13.7. The highest BCUT2D eigenvalue weighted by Gasteiger charge is 2.36. The molecule has 2 N–H and O–H groups in total. The van der Waals surface area contributed by atoms with Crippen molar-refractivity contribution in [2.45, 2.75) is 57.5 Å². The van der Waals surface area contributed by atoms with Crippen molar-refractivity contribution in [2.75, 3.05) is 25.0 Å². The van der Waals surface area contributed by atoms with Gasteiger partial charge >= 0.3 is 6.03 Å². The fraction of sp³-hybridized carbons (Fsp3) is 0.464. The van der Waals surface area contributed by atoms with Gasteiger partial charge in [-0.2, -0.15) is 0 Å². The molecule has 2 atom stereocenters. The third-order valence-electron chi connectivity index (χ3n) is 7.24. The fourth-order valence-electron chi connectivity index (χ4n) is 5.25. The summed E-state index contributed by atoms with van der Waals surface area (Å²) in [6, 6.07) is 13.0. The molecule has 2 aromatic rings. The molecule has 2 aliphatic rings. The molecule has 2 unspecified atom stereocenters. The highest BCUT2D eigenvalue weighted by atomic mass is 35.5. The summed E-state index contributed by atoms with van der Waals surface area (Å²) >= 11 is 12.2. The van der Waals surface area contributed by atoms with E-state index in [4.69, 9.17) is 23.2 Å². The van der Waals surface area contributed by atoms with Gasteiger partial charge < -0.3 is 20.4 Å². The average Bonchev–Trinajstić information content (AvgIpc) is 2.90. The Morgan fingerprint density at radius 2 is 1.73 bits per heavy atom. The second-order valence-corrected chi connectivity index (χ2v) is 10.8. The molecular weight excluding hydrogens is 511 g/mol. The maximum Gasteiger partial charge on any atom is 0.319 e. The number of carbonyl (C=O) groups is 3. The maximum atomic E-state index is 13.7. The molecule has 4 rings (SSSR count). The van der Waals surface area contributed by atoms with E-state index in [2.05, 4.69) is 10.6 Å². The van der Waals surface area contributed by atoms with Crippen molar-refractivity contribution >= 4 is 46.7 Å². The first-order chi connectivity index (χ1) is 17.8. The molecule has 9 heteroatoms. The molecule has 1 aliphatic heterocycles. The number of hydrogen-bond acceptors (Lipinski definition) is 3. The molecule has 0 spiro atoms. The van der Waals surface area contributed by atoms with E-state index >= 15 is 0 Å². The molecule has 1 heterocycles. The van der Waals surface area contributed by atoms with Crippen molar-refractivity contribution in [2.24, 2.45) is 5.92 Å². The van der Waals surface area contributed by atoms with Crippen molar-refractivity contribution in [3.05, 3.63) is 64.1 Å². The number of amides is 4. The Balaban J connectivity index is 1.43. The number of anilines is 1. The molecule has 198 valence electrons. The lowest BCUT2D eigenvalue weighted by atomic mass is 9.87. The summed E-state index contributed by atoms with van der Waals surface area (Å²) in [6.45, 7) is 3.38. The molecule has 2 fully saturated rings. The predicted molar refractivity (Wildman–Crippen MR) is 147 cm³/mol. The van der Waals surface area contributed by atoms with E-state index in [1.807, 2.05) is 42.2 Å².